The van der Waals surface area contributed by atoms with Gasteiger partial charge >= 0.3 is 6.09 Å². The van der Waals surface area contributed by atoms with Crippen LogP contribution in [0, 0.1) is 0 Å². The van der Waals surface area contributed by atoms with E-state index in [1.807, 2.05) is 32.9 Å². The second-order valence-corrected chi connectivity index (χ2v) is 6.38. The lowest BCUT2D eigenvalue weighted by Crippen LogP contribution is -2.46. The number of amides is 1. The number of carbonyl (C=O) groups is 1. The minimum absolute atomic E-state index is 0.201. The molecule has 0 bridgehead atoms. The molecule has 21 heavy (non-hydrogen) atoms. The lowest BCUT2D eigenvalue weighted by Gasteiger charge is -2.33. The van der Waals surface area contributed by atoms with Crippen molar-refractivity contribution in [3.05, 3.63) is 37.0 Å². The highest BCUT2D eigenvalue weighted by atomic mass is 16.6. The Hall–Kier alpha value is -1.55. The summed E-state index contributed by atoms with van der Waals surface area (Å²) >= 11 is 0. The van der Waals surface area contributed by atoms with Gasteiger partial charge in [-0.1, -0.05) is 31.4 Å². The molecule has 1 aliphatic rings. The maximum Gasteiger partial charge on any atom is 0.407 e. The molecule has 4 heteroatoms. The zero-order valence-corrected chi connectivity index (χ0v) is 13.5. The average Bonchev–Trinajstić information content (AvgIpc) is 2.38. The summed E-state index contributed by atoms with van der Waals surface area (Å²) in [6.45, 7) is 16.0. The van der Waals surface area contributed by atoms with Crippen LogP contribution in [-0.4, -0.2) is 42.3 Å². The molecule has 0 aromatic carbocycles. The highest BCUT2D eigenvalue weighted by molar-refractivity contribution is 5.68. The Balaban J connectivity index is 2.35. The summed E-state index contributed by atoms with van der Waals surface area (Å²) in [7, 11) is 0. The highest BCUT2D eigenvalue weighted by Gasteiger charge is 2.23. The van der Waals surface area contributed by atoms with Crippen molar-refractivity contribution in [2.24, 2.45) is 0 Å². The maximum absolute atomic E-state index is 11.7. The van der Waals surface area contributed by atoms with E-state index >= 15 is 0 Å². The fourth-order valence-electron chi connectivity index (χ4n) is 2.30. The minimum atomic E-state index is -0.445. The van der Waals surface area contributed by atoms with Crippen LogP contribution in [0.2, 0.25) is 0 Å². The first kappa shape index (κ1) is 17.5. The van der Waals surface area contributed by atoms with Gasteiger partial charge in [0.1, 0.15) is 5.60 Å². The Morgan fingerprint density at radius 1 is 1.33 bits per heavy atom. The summed E-state index contributed by atoms with van der Waals surface area (Å²) in [6.07, 6.45) is 7.20. The Labute approximate surface area is 128 Å². The fraction of sp³-hybridized carbons (Fsp3) is 0.588. The van der Waals surface area contributed by atoms with Crippen LogP contribution in [-0.2, 0) is 4.74 Å². The molecule has 0 aromatic rings. The number of nitrogens with one attached hydrogen (secondary N) is 1. The van der Waals surface area contributed by atoms with E-state index in [0.717, 1.165) is 32.5 Å². The van der Waals surface area contributed by atoms with Crippen molar-refractivity contribution in [3.8, 4) is 0 Å². The minimum Gasteiger partial charge on any atom is -0.444 e. The summed E-state index contributed by atoms with van der Waals surface area (Å²) in [5.41, 5.74) is 0.725. The first-order valence-corrected chi connectivity index (χ1v) is 7.50. The number of likely N-dealkylation sites (tertiary alicyclic amines) is 1. The van der Waals surface area contributed by atoms with Crippen molar-refractivity contribution >= 4 is 6.09 Å². The van der Waals surface area contributed by atoms with Crippen molar-refractivity contribution < 1.29 is 9.53 Å². The van der Waals surface area contributed by atoms with Crippen molar-refractivity contribution in [1.29, 1.82) is 0 Å². The number of nitrogens with zero attached hydrogens (tertiary/aromatic N) is 1. The number of carbonyl (C=O) groups excluding carboxylic acids is 1. The molecule has 1 rings (SSSR count). The van der Waals surface area contributed by atoms with Gasteiger partial charge in [0.25, 0.3) is 0 Å². The lowest BCUT2D eigenvalue weighted by atomic mass is 10.0. The van der Waals surface area contributed by atoms with Gasteiger partial charge in [-0.15, -0.1) is 0 Å². The van der Waals surface area contributed by atoms with E-state index in [0.29, 0.717) is 0 Å². The first-order chi connectivity index (χ1) is 9.84. The number of alkyl carbamates (subject to hydrolysis) is 1. The molecular weight excluding hydrogens is 264 g/mol. The van der Waals surface area contributed by atoms with Crippen LogP contribution in [0.15, 0.2) is 37.0 Å². The fourth-order valence-corrected chi connectivity index (χ4v) is 2.30. The Kier molecular flexibility index (Phi) is 6.69. The third-order valence-corrected chi connectivity index (χ3v) is 3.31. The predicted octanol–water partition coefficient (Wildman–Crippen LogP) is 3.27. The number of piperidine rings is 1. The zero-order chi connectivity index (χ0) is 15.9. The monoisotopic (exact) mass is 292 g/mol. The molecule has 0 saturated carbocycles. The molecule has 1 heterocycles. The molecule has 0 unspecified atom stereocenters. The van der Waals surface area contributed by atoms with E-state index in [2.05, 4.69) is 23.4 Å². The topological polar surface area (TPSA) is 41.6 Å². The standard InChI is InChI=1S/C17H28N2O2/c1-6-8-14(7-2)13-19-11-9-15(10-12-19)18-16(20)21-17(3,4)5/h6-8,15H,1-2,9-13H2,3-5H3,(H,18,20)/b14-8+. The molecular formula is C17H28N2O2. The average molecular weight is 292 g/mol. The number of rotatable bonds is 5. The molecule has 0 aliphatic carbocycles. The van der Waals surface area contributed by atoms with Crippen LogP contribution in [0.25, 0.3) is 0 Å². The molecule has 4 nitrogen and oxygen atoms in total. The molecule has 0 atom stereocenters. The molecule has 1 aliphatic heterocycles. The summed E-state index contributed by atoms with van der Waals surface area (Å²) in [4.78, 5) is 14.1. The lowest BCUT2D eigenvalue weighted by molar-refractivity contribution is 0.0481. The third kappa shape index (κ3) is 7.14. The molecule has 0 aromatic heterocycles. The SMILES string of the molecule is C=C/C=C(\C=C)CN1CCC(NC(=O)OC(C)(C)C)CC1. The molecule has 0 spiro atoms. The van der Waals surface area contributed by atoms with Crippen molar-refractivity contribution in [2.75, 3.05) is 19.6 Å². The van der Waals surface area contributed by atoms with E-state index in [1.54, 1.807) is 6.08 Å². The van der Waals surface area contributed by atoms with Crippen molar-refractivity contribution in [1.82, 2.24) is 10.2 Å². The summed E-state index contributed by atoms with van der Waals surface area (Å²) in [5.74, 6) is 0. The van der Waals surface area contributed by atoms with Crippen LogP contribution in [0.3, 0.4) is 0 Å². The Bertz CT molecular complexity index is 400. The van der Waals surface area contributed by atoms with Gasteiger partial charge in [-0.2, -0.15) is 0 Å². The van der Waals surface area contributed by atoms with Gasteiger partial charge in [-0.25, -0.2) is 4.79 Å². The molecule has 1 N–H and O–H groups in total. The van der Waals surface area contributed by atoms with Crippen LogP contribution in [0.4, 0.5) is 4.79 Å². The summed E-state index contributed by atoms with van der Waals surface area (Å²) < 4.78 is 5.28. The molecule has 0 radical (unpaired) electrons. The van der Waals surface area contributed by atoms with E-state index in [1.165, 1.54) is 5.57 Å². The Morgan fingerprint density at radius 2 is 1.95 bits per heavy atom. The van der Waals surface area contributed by atoms with E-state index < -0.39 is 5.60 Å². The van der Waals surface area contributed by atoms with E-state index in [9.17, 15) is 4.79 Å². The van der Waals surface area contributed by atoms with Gasteiger partial charge < -0.3 is 10.1 Å². The van der Waals surface area contributed by atoms with Gasteiger partial charge in [0.05, 0.1) is 0 Å². The van der Waals surface area contributed by atoms with Gasteiger partial charge in [-0.3, -0.25) is 4.90 Å². The third-order valence-electron chi connectivity index (χ3n) is 3.31. The van der Waals surface area contributed by atoms with Gasteiger partial charge in [0.15, 0.2) is 0 Å². The quantitative estimate of drug-likeness (QED) is 0.791. The molecule has 1 fully saturated rings. The number of hydrogen-bond donors (Lipinski definition) is 1. The normalized spacial score (nSPS) is 18.1. The van der Waals surface area contributed by atoms with Gasteiger partial charge in [-0.05, 0) is 39.2 Å². The predicted molar refractivity (Wildman–Crippen MR) is 87.3 cm³/mol. The van der Waals surface area contributed by atoms with Gasteiger partial charge in [0, 0.05) is 25.7 Å². The largest absolute Gasteiger partial charge is 0.444 e. The molecule has 118 valence electrons. The smallest absolute Gasteiger partial charge is 0.407 e. The van der Waals surface area contributed by atoms with Crippen molar-refractivity contribution in [2.45, 2.75) is 45.3 Å². The molecule has 1 amide bonds. The van der Waals surface area contributed by atoms with Crippen LogP contribution < -0.4 is 5.32 Å². The van der Waals surface area contributed by atoms with E-state index in [-0.39, 0.29) is 12.1 Å². The Morgan fingerprint density at radius 3 is 2.43 bits per heavy atom. The van der Waals surface area contributed by atoms with Crippen molar-refractivity contribution in [3.63, 3.8) is 0 Å². The van der Waals surface area contributed by atoms with Gasteiger partial charge in [0.2, 0.25) is 0 Å². The summed E-state index contributed by atoms with van der Waals surface area (Å²) in [5, 5.41) is 2.95. The molecule has 1 saturated heterocycles. The summed E-state index contributed by atoms with van der Waals surface area (Å²) in [6, 6.07) is 0.201. The van der Waals surface area contributed by atoms with Crippen LogP contribution in [0.5, 0.6) is 0 Å². The van der Waals surface area contributed by atoms with Crippen LogP contribution in [0.1, 0.15) is 33.6 Å². The van der Waals surface area contributed by atoms with E-state index in [4.69, 9.17) is 4.74 Å². The number of hydrogen-bond acceptors (Lipinski definition) is 3. The second-order valence-electron chi connectivity index (χ2n) is 6.38. The number of allylic oxidation sites excluding steroid dienone is 2. The number of ether oxygens (including phenoxy) is 1. The second kappa shape index (κ2) is 8.03. The zero-order valence-electron chi connectivity index (χ0n) is 13.5. The first-order valence-electron chi connectivity index (χ1n) is 7.50. The van der Waals surface area contributed by atoms with Crippen LogP contribution >= 0.6 is 0 Å². The maximum atomic E-state index is 11.7. The highest BCUT2D eigenvalue weighted by Crippen LogP contribution is 2.14.